The summed E-state index contributed by atoms with van der Waals surface area (Å²) in [5.74, 6) is -0.228. The first-order valence-corrected chi connectivity index (χ1v) is 7.42. The molecular weight excluding hydrogens is 286 g/mol. The molecule has 3 nitrogen and oxygen atoms in total. The Labute approximate surface area is 129 Å². The second-order valence-corrected chi connectivity index (χ2v) is 5.98. The monoisotopic (exact) mass is 303 g/mol. The molecular formula is C17H18ClNO2. The Morgan fingerprint density at radius 1 is 1.19 bits per heavy atom. The van der Waals surface area contributed by atoms with Gasteiger partial charge < -0.3 is 15.1 Å². The van der Waals surface area contributed by atoms with Gasteiger partial charge in [0.15, 0.2) is 11.5 Å². The fourth-order valence-corrected chi connectivity index (χ4v) is 3.32. The van der Waals surface area contributed by atoms with Gasteiger partial charge in [0.25, 0.3) is 0 Å². The summed E-state index contributed by atoms with van der Waals surface area (Å²) in [5.41, 5.74) is 3.13. The molecule has 2 N–H and O–H groups in total. The Morgan fingerprint density at radius 2 is 1.90 bits per heavy atom. The molecule has 0 bridgehead atoms. The van der Waals surface area contributed by atoms with E-state index in [1.54, 1.807) is 6.07 Å². The molecule has 0 amide bonds. The van der Waals surface area contributed by atoms with Crippen molar-refractivity contribution >= 4 is 11.6 Å². The van der Waals surface area contributed by atoms with Gasteiger partial charge in [-0.2, -0.15) is 0 Å². The van der Waals surface area contributed by atoms with Crippen molar-refractivity contribution in [1.82, 2.24) is 4.90 Å². The second kappa shape index (κ2) is 5.58. The van der Waals surface area contributed by atoms with Crippen molar-refractivity contribution in [2.24, 2.45) is 0 Å². The zero-order valence-electron chi connectivity index (χ0n) is 11.9. The molecule has 1 heterocycles. The van der Waals surface area contributed by atoms with E-state index in [9.17, 15) is 10.2 Å². The number of hydrogen-bond donors (Lipinski definition) is 2. The van der Waals surface area contributed by atoms with Crippen molar-refractivity contribution in [2.75, 3.05) is 20.1 Å². The highest BCUT2D eigenvalue weighted by molar-refractivity contribution is 6.33. The Kier molecular flexibility index (Phi) is 3.79. The zero-order valence-corrected chi connectivity index (χ0v) is 12.6. The molecule has 2 aromatic rings. The maximum absolute atomic E-state index is 9.93. The van der Waals surface area contributed by atoms with E-state index < -0.39 is 0 Å². The third-order valence-electron chi connectivity index (χ3n) is 4.17. The summed E-state index contributed by atoms with van der Waals surface area (Å²) in [5, 5.41) is 20.1. The van der Waals surface area contributed by atoms with Gasteiger partial charge in [0, 0.05) is 19.0 Å². The van der Waals surface area contributed by atoms with Crippen molar-refractivity contribution < 1.29 is 10.2 Å². The lowest BCUT2D eigenvalue weighted by Gasteiger charge is -2.22. The maximum atomic E-state index is 9.93. The maximum Gasteiger partial charge on any atom is 0.176 e. The van der Waals surface area contributed by atoms with Gasteiger partial charge in [-0.25, -0.2) is 0 Å². The summed E-state index contributed by atoms with van der Waals surface area (Å²) in [6.07, 6.45) is 0.766. The molecule has 0 spiro atoms. The second-order valence-electron chi connectivity index (χ2n) is 5.60. The number of phenols is 2. The van der Waals surface area contributed by atoms with Crippen molar-refractivity contribution in [3.05, 3.63) is 58.1 Å². The number of rotatable bonds is 1. The largest absolute Gasteiger partial charge is 0.504 e. The third kappa shape index (κ3) is 2.59. The Hall–Kier alpha value is -1.71. The van der Waals surface area contributed by atoms with Gasteiger partial charge in [-0.1, -0.05) is 41.9 Å². The van der Waals surface area contributed by atoms with Gasteiger partial charge in [0.1, 0.15) is 0 Å². The van der Waals surface area contributed by atoms with Crippen LogP contribution in [0.25, 0.3) is 0 Å². The van der Waals surface area contributed by atoms with Crippen LogP contribution in [0.5, 0.6) is 11.5 Å². The molecule has 1 aliphatic rings. The number of benzene rings is 2. The van der Waals surface area contributed by atoms with E-state index in [4.69, 9.17) is 11.6 Å². The van der Waals surface area contributed by atoms with Gasteiger partial charge in [-0.3, -0.25) is 0 Å². The molecule has 0 aliphatic carbocycles. The first kappa shape index (κ1) is 14.2. The van der Waals surface area contributed by atoms with E-state index in [0.29, 0.717) is 0 Å². The molecule has 0 saturated heterocycles. The van der Waals surface area contributed by atoms with E-state index in [-0.39, 0.29) is 22.4 Å². The fourth-order valence-electron chi connectivity index (χ4n) is 3.02. The van der Waals surface area contributed by atoms with Crippen molar-refractivity contribution in [3.8, 4) is 11.5 Å². The molecule has 1 aliphatic heterocycles. The molecule has 2 aromatic carbocycles. The molecule has 0 radical (unpaired) electrons. The molecule has 0 fully saturated rings. The predicted octanol–water partition coefficient (Wildman–Crippen LogP) is 3.37. The summed E-state index contributed by atoms with van der Waals surface area (Å²) in [4.78, 5) is 2.25. The van der Waals surface area contributed by atoms with Gasteiger partial charge in [-0.15, -0.1) is 0 Å². The molecule has 21 heavy (non-hydrogen) atoms. The van der Waals surface area contributed by atoms with E-state index in [0.717, 1.165) is 30.6 Å². The molecule has 0 aromatic heterocycles. The van der Waals surface area contributed by atoms with E-state index >= 15 is 0 Å². The smallest absolute Gasteiger partial charge is 0.176 e. The van der Waals surface area contributed by atoms with Crippen LogP contribution in [0, 0.1) is 0 Å². The zero-order chi connectivity index (χ0) is 15.0. The average Bonchev–Trinajstić information content (AvgIpc) is 2.65. The van der Waals surface area contributed by atoms with Crippen LogP contribution in [0.2, 0.25) is 5.02 Å². The summed E-state index contributed by atoms with van der Waals surface area (Å²) in [6.45, 7) is 1.73. The summed E-state index contributed by atoms with van der Waals surface area (Å²) < 4.78 is 0. The molecule has 3 rings (SSSR count). The number of nitrogens with zero attached hydrogens (tertiary/aromatic N) is 1. The normalized spacial score (nSPS) is 19.0. The number of hydrogen-bond acceptors (Lipinski definition) is 3. The Bertz CT molecular complexity index is 658. The topological polar surface area (TPSA) is 43.7 Å². The van der Waals surface area contributed by atoms with E-state index in [1.807, 2.05) is 18.2 Å². The first-order chi connectivity index (χ1) is 10.1. The molecule has 1 unspecified atom stereocenters. The lowest BCUT2D eigenvalue weighted by Crippen LogP contribution is -2.24. The quantitative estimate of drug-likeness (QED) is 0.794. The Morgan fingerprint density at radius 3 is 2.62 bits per heavy atom. The molecule has 4 heteroatoms. The average molecular weight is 304 g/mol. The number of likely N-dealkylation sites (N-methyl/N-ethyl adjacent to an activating group) is 1. The Balaban J connectivity index is 2.18. The van der Waals surface area contributed by atoms with Crippen LogP contribution >= 0.6 is 11.6 Å². The minimum Gasteiger partial charge on any atom is -0.504 e. The summed E-state index contributed by atoms with van der Waals surface area (Å²) >= 11 is 6.26. The molecule has 0 saturated carbocycles. The number of halogens is 1. The minimum absolute atomic E-state index is 0.137. The van der Waals surface area contributed by atoms with Crippen LogP contribution < -0.4 is 0 Å². The standard InChI is InChI=1S/C17H18ClNO2/c1-19-8-7-12-13(9-15(20)17(21)16(12)18)14(10-19)11-5-3-2-4-6-11/h2-6,9,14,20-21H,7-8,10H2,1H3. The highest BCUT2D eigenvalue weighted by Crippen LogP contribution is 2.43. The lowest BCUT2D eigenvalue weighted by atomic mass is 9.87. The summed E-state index contributed by atoms with van der Waals surface area (Å²) in [7, 11) is 2.08. The van der Waals surface area contributed by atoms with Gasteiger partial charge in [-0.05, 0) is 36.2 Å². The van der Waals surface area contributed by atoms with Crippen LogP contribution in [0.3, 0.4) is 0 Å². The first-order valence-electron chi connectivity index (χ1n) is 7.04. The minimum atomic E-state index is -0.216. The molecule has 1 atom stereocenters. The third-order valence-corrected chi connectivity index (χ3v) is 4.58. The fraction of sp³-hybridized carbons (Fsp3) is 0.294. The lowest BCUT2D eigenvalue weighted by molar-refractivity contribution is 0.338. The van der Waals surface area contributed by atoms with Crippen molar-refractivity contribution in [3.63, 3.8) is 0 Å². The van der Waals surface area contributed by atoms with E-state index in [2.05, 4.69) is 24.1 Å². The van der Waals surface area contributed by atoms with Crippen LogP contribution in [0.4, 0.5) is 0 Å². The van der Waals surface area contributed by atoms with Crippen LogP contribution in [-0.4, -0.2) is 35.3 Å². The van der Waals surface area contributed by atoms with Crippen molar-refractivity contribution in [2.45, 2.75) is 12.3 Å². The molecule has 110 valence electrons. The number of phenolic OH excluding ortho intramolecular Hbond substituents is 2. The van der Waals surface area contributed by atoms with Crippen LogP contribution in [0.1, 0.15) is 22.6 Å². The van der Waals surface area contributed by atoms with Gasteiger partial charge >= 0.3 is 0 Å². The SMILES string of the molecule is CN1CCc2c(cc(O)c(O)c2Cl)C(c2ccccc2)C1. The van der Waals surface area contributed by atoms with Crippen molar-refractivity contribution in [1.29, 1.82) is 0 Å². The van der Waals surface area contributed by atoms with Gasteiger partial charge in [0.2, 0.25) is 0 Å². The number of fused-ring (bicyclic) bond motifs is 1. The predicted molar refractivity (Wildman–Crippen MR) is 84.3 cm³/mol. The highest BCUT2D eigenvalue weighted by atomic mass is 35.5. The number of aromatic hydroxyl groups is 2. The van der Waals surface area contributed by atoms with E-state index in [1.165, 1.54) is 5.56 Å². The highest BCUT2D eigenvalue weighted by Gasteiger charge is 2.27. The van der Waals surface area contributed by atoms with Gasteiger partial charge in [0.05, 0.1) is 5.02 Å². The van der Waals surface area contributed by atoms with Crippen LogP contribution in [-0.2, 0) is 6.42 Å². The van der Waals surface area contributed by atoms with Crippen LogP contribution in [0.15, 0.2) is 36.4 Å². The summed E-state index contributed by atoms with van der Waals surface area (Å²) in [6, 6.07) is 11.9.